The van der Waals surface area contributed by atoms with E-state index in [1.165, 1.54) is 0 Å². The third kappa shape index (κ3) is 8.53. The van der Waals surface area contributed by atoms with Crippen molar-refractivity contribution in [2.75, 3.05) is 13.1 Å². The van der Waals surface area contributed by atoms with Crippen LogP contribution in [0.4, 0.5) is 0 Å². The summed E-state index contributed by atoms with van der Waals surface area (Å²) in [5, 5.41) is 3.05. The number of nitrogens with one attached hydrogen (secondary N) is 2. The van der Waals surface area contributed by atoms with Crippen molar-refractivity contribution in [3.05, 3.63) is 59.9 Å². The van der Waals surface area contributed by atoms with E-state index in [4.69, 9.17) is 5.73 Å². The number of hydrogen-bond donors (Lipinski definition) is 3. The lowest BCUT2D eigenvalue weighted by molar-refractivity contribution is 0.560. The number of benzene rings is 1. The summed E-state index contributed by atoms with van der Waals surface area (Å²) in [6.07, 6.45) is 2.52. The molecule has 2 aromatic rings. The Kier molecular flexibility index (Phi) is 10.4. The highest BCUT2D eigenvalue weighted by atomic mass is 127. The summed E-state index contributed by atoms with van der Waals surface area (Å²) in [7, 11) is -3.47. The van der Waals surface area contributed by atoms with E-state index in [2.05, 4.69) is 20.0 Å². The number of sulfonamides is 1. The van der Waals surface area contributed by atoms with Gasteiger partial charge in [-0.05, 0) is 35.7 Å². The first-order valence-corrected chi connectivity index (χ1v) is 10.4. The van der Waals surface area contributed by atoms with Gasteiger partial charge in [0, 0.05) is 31.4 Å². The molecule has 0 bridgehead atoms. The summed E-state index contributed by atoms with van der Waals surface area (Å²) in [6.45, 7) is 5.35. The van der Waals surface area contributed by atoms with Crippen LogP contribution >= 0.6 is 24.0 Å². The predicted molar refractivity (Wildman–Crippen MR) is 123 cm³/mol. The number of aliphatic imine (C=N–C) groups is 1. The molecule has 1 heterocycles. The molecular formula is C19H28IN5O2S. The zero-order valence-corrected chi connectivity index (χ0v) is 19.3. The molecule has 1 aromatic heterocycles. The first kappa shape index (κ1) is 24.3. The molecule has 0 saturated carbocycles. The van der Waals surface area contributed by atoms with Crippen LogP contribution in [0.25, 0.3) is 0 Å². The molecule has 0 spiro atoms. The maximum atomic E-state index is 12.2. The number of rotatable bonds is 9. The number of halogens is 1. The van der Waals surface area contributed by atoms with E-state index in [-0.39, 0.29) is 34.8 Å². The second kappa shape index (κ2) is 12.0. The standard InChI is InChI=1S/C19H27N5O2S.HI/c1-15(2)13-24-27(25,26)18-8-6-16(7-9-18)14-23-19(20)22-12-10-17-5-3-4-11-21-17;/h3-9,11,15,24H,10,12-14H2,1-2H3,(H3,20,22,23);1H. The van der Waals surface area contributed by atoms with Crippen molar-refractivity contribution in [1.82, 2.24) is 15.0 Å². The molecule has 0 amide bonds. The van der Waals surface area contributed by atoms with E-state index in [9.17, 15) is 8.42 Å². The minimum Gasteiger partial charge on any atom is -0.370 e. The van der Waals surface area contributed by atoms with Crippen LogP contribution in [-0.2, 0) is 23.0 Å². The van der Waals surface area contributed by atoms with Gasteiger partial charge in [-0.3, -0.25) is 4.98 Å². The fraction of sp³-hybridized carbons (Fsp3) is 0.368. The highest BCUT2D eigenvalue weighted by molar-refractivity contribution is 14.0. The average molecular weight is 517 g/mol. The molecule has 2 rings (SSSR count). The number of guanidine groups is 1. The molecule has 0 atom stereocenters. The molecule has 0 aliphatic carbocycles. The lowest BCUT2D eigenvalue weighted by Gasteiger charge is -2.09. The quantitative estimate of drug-likeness (QED) is 0.269. The van der Waals surface area contributed by atoms with Gasteiger partial charge in [-0.1, -0.05) is 32.0 Å². The molecule has 0 aliphatic rings. The molecule has 154 valence electrons. The lowest BCUT2D eigenvalue weighted by atomic mass is 10.2. The highest BCUT2D eigenvalue weighted by Crippen LogP contribution is 2.11. The summed E-state index contributed by atoms with van der Waals surface area (Å²) < 4.78 is 26.9. The zero-order valence-electron chi connectivity index (χ0n) is 16.1. The van der Waals surface area contributed by atoms with E-state index in [1.807, 2.05) is 32.0 Å². The molecule has 1 aromatic carbocycles. The van der Waals surface area contributed by atoms with E-state index in [0.29, 0.717) is 25.6 Å². The van der Waals surface area contributed by atoms with Crippen molar-refractivity contribution in [3.8, 4) is 0 Å². The van der Waals surface area contributed by atoms with Gasteiger partial charge in [0.15, 0.2) is 5.96 Å². The van der Waals surface area contributed by atoms with Crippen LogP contribution in [0, 0.1) is 5.92 Å². The maximum absolute atomic E-state index is 12.2. The first-order valence-electron chi connectivity index (χ1n) is 8.89. The van der Waals surface area contributed by atoms with Gasteiger partial charge in [-0.25, -0.2) is 18.1 Å². The third-order valence-corrected chi connectivity index (χ3v) is 5.20. The average Bonchev–Trinajstić information content (AvgIpc) is 2.66. The van der Waals surface area contributed by atoms with Gasteiger partial charge in [0.2, 0.25) is 10.0 Å². The van der Waals surface area contributed by atoms with Crippen molar-refractivity contribution < 1.29 is 8.42 Å². The van der Waals surface area contributed by atoms with Crippen LogP contribution < -0.4 is 15.8 Å². The van der Waals surface area contributed by atoms with Crippen LogP contribution in [0.3, 0.4) is 0 Å². The SMILES string of the molecule is CC(C)CNS(=O)(=O)c1ccc(CN=C(N)NCCc2ccccn2)cc1.I. The fourth-order valence-electron chi connectivity index (χ4n) is 2.23. The number of hydrogen-bond acceptors (Lipinski definition) is 4. The van der Waals surface area contributed by atoms with Gasteiger partial charge >= 0.3 is 0 Å². The first-order chi connectivity index (χ1) is 12.9. The topological polar surface area (TPSA) is 109 Å². The Balaban J connectivity index is 0.00000392. The highest BCUT2D eigenvalue weighted by Gasteiger charge is 2.13. The monoisotopic (exact) mass is 517 g/mol. The van der Waals surface area contributed by atoms with Crippen LogP contribution in [0.1, 0.15) is 25.1 Å². The largest absolute Gasteiger partial charge is 0.370 e. The summed E-state index contributed by atoms with van der Waals surface area (Å²) in [4.78, 5) is 8.77. The Labute approximate surface area is 184 Å². The molecule has 28 heavy (non-hydrogen) atoms. The molecule has 7 nitrogen and oxygen atoms in total. The number of aromatic nitrogens is 1. The molecule has 4 N–H and O–H groups in total. The van der Waals surface area contributed by atoms with Crippen LogP contribution in [0.5, 0.6) is 0 Å². The van der Waals surface area contributed by atoms with Crippen molar-refractivity contribution in [3.63, 3.8) is 0 Å². The van der Waals surface area contributed by atoms with Crippen molar-refractivity contribution in [2.24, 2.45) is 16.6 Å². The van der Waals surface area contributed by atoms with Crippen LogP contribution in [0.2, 0.25) is 0 Å². The third-order valence-electron chi connectivity index (χ3n) is 3.76. The summed E-state index contributed by atoms with van der Waals surface area (Å²) in [6, 6.07) is 12.4. The molecule has 9 heteroatoms. The van der Waals surface area contributed by atoms with Crippen LogP contribution in [0.15, 0.2) is 58.5 Å². The number of pyridine rings is 1. The van der Waals surface area contributed by atoms with Crippen molar-refractivity contribution in [1.29, 1.82) is 0 Å². The van der Waals surface area contributed by atoms with E-state index >= 15 is 0 Å². The van der Waals surface area contributed by atoms with E-state index in [1.54, 1.807) is 30.5 Å². The van der Waals surface area contributed by atoms with E-state index in [0.717, 1.165) is 17.7 Å². The molecule has 0 aliphatic heterocycles. The second-order valence-electron chi connectivity index (χ2n) is 6.59. The molecule has 0 radical (unpaired) electrons. The Hall–Kier alpha value is -1.72. The Morgan fingerprint density at radius 2 is 1.89 bits per heavy atom. The molecule has 0 unspecified atom stereocenters. The van der Waals surface area contributed by atoms with Gasteiger partial charge in [-0.2, -0.15) is 0 Å². The van der Waals surface area contributed by atoms with Gasteiger partial charge in [0.25, 0.3) is 0 Å². The second-order valence-corrected chi connectivity index (χ2v) is 8.36. The van der Waals surface area contributed by atoms with Gasteiger partial charge in [0.05, 0.1) is 11.4 Å². The smallest absolute Gasteiger partial charge is 0.240 e. The Morgan fingerprint density at radius 1 is 1.18 bits per heavy atom. The van der Waals surface area contributed by atoms with Gasteiger partial charge in [-0.15, -0.1) is 24.0 Å². The summed E-state index contributed by atoms with van der Waals surface area (Å²) >= 11 is 0. The molecule has 0 saturated heterocycles. The lowest BCUT2D eigenvalue weighted by Crippen LogP contribution is -2.33. The van der Waals surface area contributed by atoms with Gasteiger partial charge < -0.3 is 11.1 Å². The molecule has 0 fully saturated rings. The summed E-state index contributed by atoms with van der Waals surface area (Å²) in [5.41, 5.74) is 7.73. The van der Waals surface area contributed by atoms with E-state index < -0.39 is 10.0 Å². The zero-order chi connectivity index (χ0) is 19.7. The maximum Gasteiger partial charge on any atom is 0.240 e. The Bertz CT molecular complexity index is 840. The minimum absolute atomic E-state index is 0. The van der Waals surface area contributed by atoms with Crippen LogP contribution in [-0.4, -0.2) is 32.5 Å². The number of nitrogens with two attached hydrogens (primary N) is 1. The Morgan fingerprint density at radius 3 is 2.50 bits per heavy atom. The van der Waals surface area contributed by atoms with Crippen molar-refractivity contribution >= 4 is 40.0 Å². The molecular weight excluding hydrogens is 489 g/mol. The number of nitrogens with zero attached hydrogens (tertiary/aromatic N) is 2. The predicted octanol–water partition coefficient (Wildman–Crippen LogP) is 2.28. The summed E-state index contributed by atoms with van der Waals surface area (Å²) in [5.74, 6) is 0.600. The van der Waals surface area contributed by atoms with Gasteiger partial charge in [0.1, 0.15) is 0 Å². The normalized spacial score (nSPS) is 11.9. The van der Waals surface area contributed by atoms with Crippen molar-refractivity contribution in [2.45, 2.75) is 31.7 Å². The minimum atomic E-state index is -3.47. The fourth-order valence-corrected chi connectivity index (χ4v) is 3.44.